The molecule has 0 fully saturated rings. The van der Waals surface area contributed by atoms with Crippen molar-refractivity contribution < 1.29 is 0 Å². The van der Waals surface area contributed by atoms with E-state index in [1.807, 2.05) is 0 Å². The molecule has 1 aliphatic carbocycles. The fraction of sp³-hybridized carbons (Fsp3) is 0.467. The van der Waals surface area contributed by atoms with Gasteiger partial charge in [0, 0.05) is 5.92 Å². The molecule has 0 spiro atoms. The molecule has 1 unspecified atom stereocenters. The molecule has 1 aromatic rings. The van der Waals surface area contributed by atoms with E-state index < -0.39 is 0 Å². The number of aryl methyl sites for hydroxylation is 1. The van der Waals surface area contributed by atoms with Gasteiger partial charge in [0.2, 0.25) is 0 Å². The molecule has 1 aromatic carbocycles. The zero-order valence-corrected chi connectivity index (χ0v) is 10.2. The average molecular weight is 200 g/mol. The van der Waals surface area contributed by atoms with E-state index in [4.69, 9.17) is 0 Å². The van der Waals surface area contributed by atoms with E-state index in [1.54, 1.807) is 11.1 Å². The minimum Gasteiger partial charge on any atom is -0.0653 e. The Morgan fingerprint density at radius 1 is 1.13 bits per heavy atom. The molecule has 0 saturated heterocycles. The second kappa shape index (κ2) is 3.84. The molecular weight excluding hydrogens is 180 g/mol. The highest BCUT2D eigenvalue weighted by Crippen LogP contribution is 2.45. The standard InChI is InChI=1S/C15H20/c1-5-7-13-11(3)12(4)14-9-6-8-10(2)15(13)14/h6,8-9,13H,5,7H2,1-4H3. The van der Waals surface area contributed by atoms with Gasteiger partial charge in [-0.25, -0.2) is 0 Å². The van der Waals surface area contributed by atoms with Crippen molar-refractivity contribution in [1.29, 1.82) is 0 Å². The van der Waals surface area contributed by atoms with E-state index in [9.17, 15) is 0 Å². The Hall–Kier alpha value is -1.04. The molecule has 80 valence electrons. The first-order chi connectivity index (χ1) is 7.16. The predicted molar refractivity (Wildman–Crippen MR) is 67.1 cm³/mol. The molecule has 0 N–H and O–H groups in total. The molecule has 0 radical (unpaired) electrons. The van der Waals surface area contributed by atoms with Gasteiger partial charge in [-0.2, -0.15) is 0 Å². The summed E-state index contributed by atoms with van der Waals surface area (Å²) in [6, 6.07) is 6.70. The Labute approximate surface area is 93.0 Å². The molecule has 0 aliphatic heterocycles. The maximum Gasteiger partial charge on any atom is 0.00598 e. The zero-order chi connectivity index (χ0) is 11.0. The Morgan fingerprint density at radius 2 is 1.87 bits per heavy atom. The lowest BCUT2D eigenvalue weighted by atomic mass is 9.89. The van der Waals surface area contributed by atoms with Gasteiger partial charge in [-0.15, -0.1) is 0 Å². The van der Waals surface area contributed by atoms with Crippen LogP contribution in [0.3, 0.4) is 0 Å². The SMILES string of the molecule is CCCC1C(C)=C(C)c2cccc(C)c21. The molecule has 0 heteroatoms. The van der Waals surface area contributed by atoms with E-state index >= 15 is 0 Å². The van der Waals surface area contributed by atoms with Crippen LogP contribution in [0, 0.1) is 6.92 Å². The predicted octanol–water partition coefficient (Wildman–Crippen LogP) is 4.69. The average Bonchev–Trinajstić information content (AvgIpc) is 2.46. The lowest BCUT2D eigenvalue weighted by Crippen LogP contribution is -1.98. The molecule has 1 aliphatic rings. The molecule has 2 rings (SSSR count). The van der Waals surface area contributed by atoms with Gasteiger partial charge in [0.1, 0.15) is 0 Å². The summed E-state index contributed by atoms with van der Waals surface area (Å²) in [6.45, 7) is 9.09. The molecule has 0 saturated carbocycles. The Balaban J connectivity index is 2.55. The third-order valence-corrected chi connectivity index (χ3v) is 3.77. The first-order valence-electron chi connectivity index (χ1n) is 5.94. The van der Waals surface area contributed by atoms with Crippen LogP contribution in [-0.4, -0.2) is 0 Å². The third-order valence-electron chi connectivity index (χ3n) is 3.77. The monoisotopic (exact) mass is 200 g/mol. The van der Waals surface area contributed by atoms with E-state index in [0.717, 1.165) is 0 Å². The second-order valence-electron chi connectivity index (χ2n) is 4.69. The van der Waals surface area contributed by atoms with Gasteiger partial charge in [-0.3, -0.25) is 0 Å². The van der Waals surface area contributed by atoms with Gasteiger partial charge in [-0.05, 0) is 49.5 Å². The van der Waals surface area contributed by atoms with Crippen molar-refractivity contribution in [3.05, 3.63) is 40.5 Å². The fourth-order valence-electron chi connectivity index (χ4n) is 2.81. The summed E-state index contributed by atoms with van der Waals surface area (Å²) in [5.41, 5.74) is 7.63. The first kappa shape index (κ1) is 10.5. The summed E-state index contributed by atoms with van der Waals surface area (Å²) >= 11 is 0. The number of benzene rings is 1. The van der Waals surface area contributed by atoms with Gasteiger partial charge in [0.15, 0.2) is 0 Å². The van der Waals surface area contributed by atoms with Gasteiger partial charge in [0.25, 0.3) is 0 Å². The maximum absolute atomic E-state index is 2.30. The van der Waals surface area contributed by atoms with Gasteiger partial charge in [0.05, 0.1) is 0 Å². The van der Waals surface area contributed by atoms with Crippen LogP contribution in [0.15, 0.2) is 23.8 Å². The minimum atomic E-state index is 0.686. The van der Waals surface area contributed by atoms with Crippen molar-refractivity contribution in [2.75, 3.05) is 0 Å². The van der Waals surface area contributed by atoms with Gasteiger partial charge >= 0.3 is 0 Å². The quantitative estimate of drug-likeness (QED) is 0.650. The highest BCUT2D eigenvalue weighted by atomic mass is 14.3. The van der Waals surface area contributed by atoms with Crippen LogP contribution in [0.2, 0.25) is 0 Å². The molecule has 0 nitrogen and oxygen atoms in total. The van der Waals surface area contributed by atoms with E-state index in [0.29, 0.717) is 5.92 Å². The van der Waals surface area contributed by atoms with Crippen molar-refractivity contribution in [3.8, 4) is 0 Å². The van der Waals surface area contributed by atoms with E-state index in [-0.39, 0.29) is 0 Å². The van der Waals surface area contributed by atoms with Crippen molar-refractivity contribution in [2.45, 2.75) is 46.5 Å². The Morgan fingerprint density at radius 3 is 2.53 bits per heavy atom. The van der Waals surface area contributed by atoms with Crippen molar-refractivity contribution >= 4 is 5.57 Å². The summed E-state index contributed by atoms with van der Waals surface area (Å²) in [7, 11) is 0. The minimum absolute atomic E-state index is 0.686. The Bertz CT molecular complexity index is 410. The van der Waals surface area contributed by atoms with Gasteiger partial charge < -0.3 is 0 Å². The number of rotatable bonds is 2. The van der Waals surface area contributed by atoms with Gasteiger partial charge in [-0.1, -0.05) is 37.1 Å². The summed E-state index contributed by atoms with van der Waals surface area (Å²) in [5, 5.41) is 0. The smallest absolute Gasteiger partial charge is 0.00598 e. The lowest BCUT2D eigenvalue weighted by molar-refractivity contribution is 0.693. The second-order valence-corrected chi connectivity index (χ2v) is 4.69. The molecule has 0 amide bonds. The topological polar surface area (TPSA) is 0 Å². The van der Waals surface area contributed by atoms with Crippen molar-refractivity contribution in [3.63, 3.8) is 0 Å². The van der Waals surface area contributed by atoms with Crippen LogP contribution in [0.1, 0.15) is 56.2 Å². The van der Waals surface area contributed by atoms with Crippen LogP contribution in [0.4, 0.5) is 0 Å². The van der Waals surface area contributed by atoms with Crippen LogP contribution in [-0.2, 0) is 0 Å². The summed E-state index contributed by atoms with van der Waals surface area (Å²) in [4.78, 5) is 0. The van der Waals surface area contributed by atoms with Crippen molar-refractivity contribution in [1.82, 2.24) is 0 Å². The summed E-state index contributed by atoms with van der Waals surface area (Å²) in [6.07, 6.45) is 2.56. The maximum atomic E-state index is 2.30. The summed E-state index contributed by atoms with van der Waals surface area (Å²) in [5.74, 6) is 0.686. The number of fused-ring (bicyclic) bond motifs is 1. The lowest BCUT2D eigenvalue weighted by Gasteiger charge is -2.15. The molecule has 0 heterocycles. The van der Waals surface area contributed by atoms with E-state index in [2.05, 4.69) is 45.9 Å². The van der Waals surface area contributed by atoms with Crippen LogP contribution in [0.5, 0.6) is 0 Å². The zero-order valence-electron chi connectivity index (χ0n) is 10.2. The highest BCUT2D eigenvalue weighted by Gasteiger charge is 2.26. The molecule has 15 heavy (non-hydrogen) atoms. The fourth-order valence-corrected chi connectivity index (χ4v) is 2.81. The number of hydrogen-bond acceptors (Lipinski definition) is 0. The van der Waals surface area contributed by atoms with Crippen LogP contribution >= 0.6 is 0 Å². The normalized spacial score (nSPS) is 19.6. The third kappa shape index (κ3) is 1.52. The molecule has 1 atom stereocenters. The number of allylic oxidation sites excluding steroid dienone is 2. The molecular formula is C15H20. The molecule has 0 bridgehead atoms. The number of hydrogen-bond donors (Lipinski definition) is 0. The van der Waals surface area contributed by atoms with E-state index in [1.165, 1.54) is 29.5 Å². The van der Waals surface area contributed by atoms with Crippen molar-refractivity contribution in [2.24, 2.45) is 0 Å². The van der Waals surface area contributed by atoms with Crippen LogP contribution in [0.25, 0.3) is 5.57 Å². The molecule has 0 aromatic heterocycles. The Kier molecular flexibility index (Phi) is 2.68. The van der Waals surface area contributed by atoms with Crippen LogP contribution < -0.4 is 0 Å². The first-order valence-corrected chi connectivity index (χ1v) is 5.94. The summed E-state index contributed by atoms with van der Waals surface area (Å²) < 4.78 is 0. The highest BCUT2D eigenvalue weighted by molar-refractivity contribution is 5.77. The largest absolute Gasteiger partial charge is 0.0653 e.